The molecule has 6 heteroatoms. The molecule has 0 unspecified atom stereocenters. The number of benzene rings is 2. The summed E-state index contributed by atoms with van der Waals surface area (Å²) in [6, 6.07) is 10.5. The van der Waals surface area contributed by atoms with Crippen LogP contribution in [0.1, 0.15) is 17.0 Å². The predicted octanol–water partition coefficient (Wildman–Crippen LogP) is 3.13. The van der Waals surface area contributed by atoms with Crippen molar-refractivity contribution >= 4 is 5.97 Å². The van der Waals surface area contributed by atoms with E-state index in [1.165, 1.54) is 21.3 Å². The summed E-state index contributed by atoms with van der Waals surface area (Å²) in [5.41, 5.74) is 1.47. The van der Waals surface area contributed by atoms with Crippen molar-refractivity contribution in [2.75, 3.05) is 28.4 Å². The molecule has 0 aliphatic carbocycles. The molecule has 0 aliphatic heterocycles. The van der Waals surface area contributed by atoms with E-state index in [2.05, 4.69) is 0 Å². The Kier molecular flexibility index (Phi) is 6.11. The highest BCUT2D eigenvalue weighted by atomic mass is 16.5. The van der Waals surface area contributed by atoms with E-state index in [9.17, 15) is 9.90 Å². The third-order valence-electron chi connectivity index (χ3n) is 3.98. The number of aliphatic carboxylic acids is 1. The van der Waals surface area contributed by atoms with Gasteiger partial charge in [-0.2, -0.15) is 0 Å². The molecule has 2 rings (SSSR count). The molecule has 0 radical (unpaired) electrons. The van der Waals surface area contributed by atoms with Crippen LogP contribution in [-0.2, 0) is 11.2 Å². The van der Waals surface area contributed by atoms with E-state index in [0.29, 0.717) is 35.0 Å². The molecule has 0 heterocycles. The molecule has 134 valence electrons. The third kappa shape index (κ3) is 4.15. The van der Waals surface area contributed by atoms with E-state index in [-0.39, 0.29) is 0 Å². The van der Waals surface area contributed by atoms with Crippen LogP contribution in [0.15, 0.2) is 36.4 Å². The topological polar surface area (TPSA) is 74.2 Å². The predicted molar refractivity (Wildman–Crippen MR) is 93.2 cm³/mol. The fourth-order valence-electron chi connectivity index (χ4n) is 2.67. The summed E-state index contributed by atoms with van der Waals surface area (Å²) >= 11 is 0. The van der Waals surface area contributed by atoms with E-state index in [0.717, 1.165) is 5.56 Å². The second-order valence-electron chi connectivity index (χ2n) is 5.40. The largest absolute Gasteiger partial charge is 0.497 e. The first-order chi connectivity index (χ1) is 12.0. The Morgan fingerprint density at radius 2 is 1.48 bits per heavy atom. The molecule has 0 saturated heterocycles. The normalized spacial score (nSPS) is 11.5. The van der Waals surface area contributed by atoms with E-state index < -0.39 is 11.9 Å². The summed E-state index contributed by atoms with van der Waals surface area (Å²) < 4.78 is 21.1. The lowest BCUT2D eigenvalue weighted by Crippen LogP contribution is -2.14. The second-order valence-corrected chi connectivity index (χ2v) is 5.40. The molecule has 2 aromatic rings. The van der Waals surface area contributed by atoms with Crippen LogP contribution in [0.25, 0.3) is 0 Å². The number of carboxylic acid groups (broad SMARTS) is 1. The molecule has 25 heavy (non-hydrogen) atoms. The van der Waals surface area contributed by atoms with Crippen molar-refractivity contribution in [1.29, 1.82) is 0 Å². The zero-order chi connectivity index (χ0) is 18.4. The van der Waals surface area contributed by atoms with Crippen LogP contribution < -0.4 is 18.9 Å². The van der Waals surface area contributed by atoms with Crippen LogP contribution in [-0.4, -0.2) is 39.5 Å². The third-order valence-corrected chi connectivity index (χ3v) is 3.98. The van der Waals surface area contributed by atoms with Gasteiger partial charge in [-0.05, 0) is 41.8 Å². The van der Waals surface area contributed by atoms with Crippen molar-refractivity contribution in [2.45, 2.75) is 12.3 Å². The quantitative estimate of drug-likeness (QED) is 0.791. The Labute approximate surface area is 146 Å². The molecule has 0 fully saturated rings. The number of hydrogen-bond acceptors (Lipinski definition) is 5. The maximum absolute atomic E-state index is 11.8. The molecular weight excluding hydrogens is 324 g/mol. The van der Waals surface area contributed by atoms with Crippen LogP contribution in [0.3, 0.4) is 0 Å². The van der Waals surface area contributed by atoms with Gasteiger partial charge in [0.05, 0.1) is 34.4 Å². The average molecular weight is 346 g/mol. The van der Waals surface area contributed by atoms with Crippen LogP contribution in [0, 0.1) is 0 Å². The van der Waals surface area contributed by atoms with Crippen LogP contribution in [0.5, 0.6) is 23.0 Å². The number of ether oxygens (including phenoxy) is 4. The first-order valence-electron chi connectivity index (χ1n) is 7.69. The summed E-state index contributed by atoms with van der Waals surface area (Å²) in [5, 5.41) is 9.65. The summed E-state index contributed by atoms with van der Waals surface area (Å²) in [4.78, 5) is 11.8. The number of carboxylic acids is 1. The fourth-order valence-corrected chi connectivity index (χ4v) is 2.67. The molecule has 1 atom stereocenters. The van der Waals surface area contributed by atoms with Gasteiger partial charge in [-0.15, -0.1) is 0 Å². The molecule has 0 bridgehead atoms. The highest BCUT2D eigenvalue weighted by molar-refractivity contribution is 5.76. The second kappa shape index (κ2) is 8.28. The Hall–Kier alpha value is -2.89. The summed E-state index contributed by atoms with van der Waals surface area (Å²) in [5.74, 6) is 0.546. The van der Waals surface area contributed by atoms with E-state index >= 15 is 0 Å². The minimum absolute atomic E-state index is 0.290. The first kappa shape index (κ1) is 18.4. The molecule has 0 amide bonds. The maximum Gasteiger partial charge on any atom is 0.311 e. The van der Waals surface area contributed by atoms with Gasteiger partial charge in [0.2, 0.25) is 5.75 Å². The summed E-state index contributed by atoms with van der Waals surface area (Å²) in [6.07, 6.45) is 0.290. The number of methoxy groups -OCH3 is 4. The zero-order valence-electron chi connectivity index (χ0n) is 14.7. The van der Waals surface area contributed by atoms with Crippen molar-refractivity contribution in [2.24, 2.45) is 0 Å². The Morgan fingerprint density at radius 1 is 0.920 bits per heavy atom. The van der Waals surface area contributed by atoms with Crippen molar-refractivity contribution in [3.8, 4) is 23.0 Å². The molecule has 0 aliphatic rings. The van der Waals surface area contributed by atoms with E-state index in [1.807, 2.05) is 0 Å². The molecule has 0 aromatic heterocycles. The SMILES string of the molecule is COc1ccc([C@H](Cc2cc(OC)c(OC)c(OC)c2)C(=O)O)cc1. The highest BCUT2D eigenvalue weighted by Gasteiger charge is 2.22. The lowest BCUT2D eigenvalue weighted by Gasteiger charge is -2.17. The molecule has 0 spiro atoms. The van der Waals surface area contributed by atoms with Gasteiger partial charge < -0.3 is 24.1 Å². The average Bonchev–Trinajstić information content (AvgIpc) is 2.64. The summed E-state index contributed by atoms with van der Waals surface area (Å²) in [7, 11) is 6.15. The minimum Gasteiger partial charge on any atom is -0.497 e. The van der Waals surface area contributed by atoms with Gasteiger partial charge in [0.1, 0.15) is 5.75 Å². The number of carbonyl (C=O) groups is 1. The van der Waals surface area contributed by atoms with Gasteiger partial charge in [-0.1, -0.05) is 12.1 Å². The molecular formula is C19H22O6. The first-order valence-corrected chi connectivity index (χ1v) is 7.69. The molecule has 0 saturated carbocycles. The lowest BCUT2D eigenvalue weighted by atomic mass is 9.91. The zero-order valence-corrected chi connectivity index (χ0v) is 14.7. The maximum atomic E-state index is 11.8. The van der Waals surface area contributed by atoms with Crippen molar-refractivity contribution in [3.05, 3.63) is 47.5 Å². The lowest BCUT2D eigenvalue weighted by molar-refractivity contribution is -0.138. The van der Waals surface area contributed by atoms with Gasteiger partial charge in [0.15, 0.2) is 11.5 Å². The van der Waals surface area contributed by atoms with Gasteiger partial charge in [-0.25, -0.2) is 0 Å². The Morgan fingerprint density at radius 3 is 1.88 bits per heavy atom. The smallest absolute Gasteiger partial charge is 0.311 e. The van der Waals surface area contributed by atoms with Gasteiger partial charge in [0, 0.05) is 0 Å². The van der Waals surface area contributed by atoms with Gasteiger partial charge in [0.25, 0.3) is 0 Å². The van der Waals surface area contributed by atoms with Gasteiger partial charge in [-0.3, -0.25) is 4.79 Å². The van der Waals surface area contributed by atoms with Crippen LogP contribution in [0.4, 0.5) is 0 Å². The van der Waals surface area contributed by atoms with Crippen LogP contribution >= 0.6 is 0 Å². The van der Waals surface area contributed by atoms with E-state index in [4.69, 9.17) is 18.9 Å². The summed E-state index contributed by atoms with van der Waals surface area (Å²) in [6.45, 7) is 0. The van der Waals surface area contributed by atoms with Crippen molar-refractivity contribution < 1.29 is 28.8 Å². The number of hydrogen-bond donors (Lipinski definition) is 1. The Balaban J connectivity index is 2.37. The fraction of sp³-hybridized carbons (Fsp3) is 0.316. The van der Waals surface area contributed by atoms with Crippen molar-refractivity contribution in [1.82, 2.24) is 0 Å². The highest BCUT2D eigenvalue weighted by Crippen LogP contribution is 2.39. The standard InChI is InChI=1S/C19H22O6/c1-22-14-7-5-13(6-8-14)15(19(20)21)9-12-10-16(23-2)18(25-4)17(11-12)24-3/h5-8,10-11,15H,9H2,1-4H3,(H,20,21)/t15-/m0/s1. The molecule has 1 N–H and O–H groups in total. The van der Waals surface area contributed by atoms with Gasteiger partial charge >= 0.3 is 5.97 Å². The van der Waals surface area contributed by atoms with Crippen LogP contribution in [0.2, 0.25) is 0 Å². The van der Waals surface area contributed by atoms with Crippen molar-refractivity contribution in [3.63, 3.8) is 0 Å². The number of rotatable bonds is 8. The monoisotopic (exact) mass is 346 g/mol. The molecule has 6 nitrogen and oxygen atoms in total. The molecule has 2 aromatic carbocycles. The minimum atomic E-state index is -0.904. The Bertz CT molecular complexity index is 698. The van der Waals surface area contributed by atoms with E-state index in [1.54, 1.807) is 43.5 Å².